The van der Waals surface area contributed by atoms with Crippen molar-refractivity contribution in [2.45, 2.75) is 6.54 Å². The summed E-state index contributed by atoms with van der Waals surface area (Å²) in [4.78, 5) is 25.1. The molecule has 0 fully saturated rings. The number of benzene rings is 3. The smallest absolute Gasteiger partial charge is 0.227 e. The van der Waals surface area contributed by atoms with Crippen LogP contribution in [0.25, 0.3) is 10.8 Å². The zero-order chi connectivity index (χ0) is 18.6. The summed E-state index contributed by atoms with van der Waals surface area (Å²) in [6.07, 6.45) is 3.55. The number of carbonyl (C=O) groups is 2. The lowest BCUT2D eigenvalue weighted by atomic mass is 10.0. The van der Waals surface area contributed by atoms with E-state index in [1.54, 1.807) is 41.2 Å². The summed E-state index contributed by atoms with van der Waals surface area (Å²) in [5, 5.41) is 2.17. The maximum Gasteiger partial charge on any atom is 0.227 e. The topological polar surface area (TPSA) is 38.0 Å². The van der Waals surface area contributed by atoms with Gasteiger partial charge in [-0.1, -0.05) is 66.7 Å². The summed E-state index contributed by atoms with van der Waals surface area (Å²) in [5.74, 6) is 0.0106. The largest absolute Gasteiger partial charge is 1.00 e. The molecule has 0 spiro atoms. The van der Waals surface area contributed by atoms with Crippen LogP contribution in [0.4, 0.5) is 0 Å². The number of nitrogens with zero attached hydrogens (tertiary/aromatic N) is 1. The van der Waals surface area contributed by atoms with Crippen LogP contribution in [-0.4, -0.2) is 11.6 Å². The molecule has 3 nitrogen and oxygen atoms in total. The molecule has 1 aromatic heterocycles. The Kier molecular flexibility index (Phi) is 6.12. The van der Waals surface area contributed by atoms with Crippen molar-refractivity contribution in [1.82, 2.24) is 0 Å². The zero-order valence-corrected chi connectivity index (χ0v) is 16.7. The number of pyridine rings is 1. The predicted molar refractivity (Wildman–Crippen MR) is 105 cm³/mol. The van der Waals surface area contributed by atoms with E-state index in [-0.39, 0.29) is 35.1 Å². The fraction of sp³-hybridized carbons (Fsp3) is 0.0417. The number of rotatable bonds is 5. The van der Waals surface area contributed by atoms with Gasteiger partial charge in [-0.3, -0.25) is 9.59 Å². The van der Waals surface area contributed by atoms with Crippen molar-refractivity contribution >= 4 is 22.3 Å². The summed E-state index contributed by atoms with van der Waals surface area (Å²) >= 11 is 0. The molecule has 28 heavy (non-hydrogen) atoms. The summed E-state index contributed by atoms with van der Waals surface area (Å²) in [6.45, 7) is 0.234. The van der Waals surface area contributed by atoms with Crippen molar-refractivity contribution in [3.05, 3.63) is 114 Å². The van der Waals surface area contributed by atoms with Crippen LogP contribution in [-0.2, 0) is 6.54 Å². The third-order valence-corrected chi connectivity index (χ3v) is 4.59. The number of Topliss-reactive ketones (excluding diaryl/α,β-unsaturated/α-hetero) is 1. The van der Waals surface area contributed by atoms with Crippen LogP contribution in [0.1, 0.15) is 26.3 Å². The number of carbonyl (C=O) groups excluding carboxylic acids is 2. The van der Waals surface area contributed by atoms with E-state index in [1.807, 2.05) is 60.7 Å². The second-order valence-electron chi connectivity index (χ2n) is 6.44. The highest BCUT2D eigenvalue weighted by Gasteiger charge is 2.14. The number of hydrogen-bond acceptors (Lipinski definition) is 2. The first-order valence-electron chi connectivity index (χ1n) is 8.81. The molecular weight excluding hydrogens is 414 g/mol. The first-order valence-corrected chi connectivity index (χ1v) is 8.81. The van der Waals surface area contributed by atoms with Crippen molar-refractivity contribution in [2.24, 2.45) is 0 Å². The van der Waals surface area contributed by atoms with Gasteiger partial charge in [-0.05, 0) is 16.8 Å². The van der Waals surface area contributed by atoms with Gasteiger partial charge < -0.3 is 17.0 Å². The Morgan fingerprint density at radius 1 is 0.643 bits per heavy atom. The van der Waals surface area contributed by atoms with Crippen LogP contribution in [0.2, 0.25) is 0 Å². The van der Waals surface area contributed by atoms with Crippen LogP contribution in [0.5, 0.6) is 0 Å². The molecule has 0 atom stereocenters. The molecule has 3 aromatic carbocycles. The number of halogens is 1. The molecule has 138 valence electrons. The molecule has 0 radical (unpaired) electrons. The Bertz CT molecular complexity index is 1120. The van der Waals surface area contributed by atoms with Gasteiger partial charge in [0.2, 0.25) is 12.3 Å². The third kappa shape index (κ3) is 4.24. The second-order valence-corrected chi connectivity index (χ2v) is 6.44. The maximum absolute atomic E-state index is 12.6. The van der Waals surface area contributed by atoms with Crippen LogP contribution in [0, 0.1) is 0 Å². The van der Waals surface area contributed by atoms with E-state index >= 15 is 0 Å². The molecule has 0 unspecified atom stereocenters. The van der Waals surface area contributed by atoms with Crippen molar-refractivity contribution in [3.8, 4) is 0 Å². The molecular formula is C24H18BrNO2. The number of aromatic nitrogens is 1. The van der Waals surface area contributed by atoms with E-state index in [1.165, 1.54) is 0 Å². The first kappa shape index (κ1) is 19.6. The van der Waals surface area contributed by atoms with Crippen LogP contribution in [0.3, 0.4) is 0 Å². The molecule has 0 aliphatic rings. The van der Waals surface area contributed by atoms with Gasteiger partial charge in [-0.25, -0.2) is 0 Å². The fourth-order valence-electron chi connectivity index (χ4n) is 3.09. The Labute approximate surface area is 174 Å². The Hall–Kier alpha value is -3.11. The average molecular weight is 432 g/mol. The van der Waals surface area contributed by atoms with Gasteiger partial charge in [-0.15, -0.1) is 0 Å². The van der Waals surface area contributed by atoms with Gasteiger partial charge in [0.15, 0.2) is 18.2 Å². The van der Waals surface area contributed by atoms with E-state index in [9.17, 15) is 9.59 Å². The highest BCUT2D eigenvalue weighted by atomic mass is 79.9. The highest BCUT2D eigenvalue weighted by Crippen LogP contribution is 2.16. The second kappa shape index (κ2) is 8.72. The molecule has 0 saturated heterocycles. The van der Waals surface area contributed by atoms with Gasteiger partial charge >= 0.3 is 0 Å². The lowest BCUT2D eigenvalue weighted by molar-refractivity contribution is -0.683. The van der Waals surface area contributed by atoms with E-state index in [2.05, 4.69) is 0 Å². The van der Waals surface area contributed by atoms with Gasteiger partial charge in [0.25, 0.3) is 0 Å². The SMILES string of the molecule is O=C(C[n+]1ccc(C(=O)c2ccccc2)cc1)c1ccc2ccccc2c1.[Br-]. The van der Waals surface area contributed by atoms with Crippen molar-refractivity contribution in [2.75, 3.05) is 0 Å². The van der Waals surface area contributed by atoms with Gasteiger partial charge in [0, 0.05) is 28.8 Å². The Morgan fingerprint density at radius 2 is 1.25 bits per heavy atom. The number of ketones is 2. The lowest BCUT2D eigenvalue weighted by Gasteiger charge is -2.03. The quantitative estimate of drug-likeness (QED) is 0.352. The van der Waals surface area contributed by atoms with E-state index in [0.29, 0.717) is 16.7 Å². The molecule has 1 heterocycles. The van der Waals surface area contributed by atoms with E-state index < -0.39 is 0 Å². The van der Waals surface area contributed by atoms with E-state index in [0.717, 1.165) is 10.8 Å². The van der Waals surface area contributed by atoms with E-state index in [4.69, 9.17) is 0 Å². The number of fused-ring (bicyclic) bond motifs is 1. The molecule has 0 amide bonds. The minimum atomic E-state index is -0.0244. The molecule has 0 N–H and O–H groups in total. The predicted octanol–water partition coefficient (Wildman–Crippen LogP) is 1.25. The summed E-state index contributed by atoms with van der Waals surface area (Å²) in [6, 6.07) is 26.4. The summed E-state index contributed by atoms with van der Waals surface area (Å²) in [7, 11) is 0. The Morgan fingerprint density at radius 3 is 1.96 bits per heavy atom. The molecule has 0 aliphatic carbocycles. The fourth-order valence-corrected chi connectivity index (χ4v) is 3.09. The Balaban J connectivity index is 0.00000225. The number of hydrogen-bond donors (Lipinski definition) is 0. The highest BCUT2D eigenvalue weighted by molar-refractivity contribution is 6.08. The van der Waals surface area contributed by atoms with Gasteiger partial charge in [0.1, 0.15) is 0 Å². The van der Waals surface area contributed by atoms with Gasteiger partial charge in [0.05, 0.1) is 0 Å². The van der Waals surface area contributed by atoms with Crippen LogP contribution >= 0.6 is 0 Å². The molecule has 4 rings (SSSR count). The molecule has 4 aromatic rings. The normalized spacial score (nSPS) is 10.3. The third-order valence-electron chi connectivity index (χ3n) is 4.59. The standard InChI is InChI=1S/C24H18NO2.BrH/c26-23(22-11-10-18-6-4-5-9-21(18)16-22)17-25-14-12-20(13-15-25)24(27)19-7-2-1-3-8-19;/h1-16H,17H2;1H/q+1;/p-1. The minimum Gasteiger partial charge on any atom is -1.00 e. The molecule has 0 saturated carbocycles. The maximum atomic E-state index is 12.6. The lowest BCUT2D eigenvalue weighted by Crippen LogP contribution is -3.00. The zero-order valence-electron chi connectivity index (χ0n) is 15.1. The van der Waals surface area contributed by atoms with Gasteiger partial charge in [-0.2, -0.15) is 4.57 Å². The van der Waals surface area contributed by atoms with Crippen LogP contribution in [0.15, 0.2) is 97.3 Å². The molecule has 0 bridgehead atoms. The monoisotopic (exact) mass is 431 g/mol. The van der Waals surface area contributed by atoms with Crippen molar-refractivity contribution < 1.29 is 31.1 Å². The summed E-state index contributed by atoms with van der Waals surface area (Å²) < 4.78 is 1.79. The van der Waals surface area contributed by atoms with Crippen LogP contribution < -0.4 is 21.5 Å². The average Bonchev–Trinajstić information content (AvgIpc) is 2.74. The molecule has 0 aliphatic heterocycles. The van der Waals surface area contributed by atoms with Crippen molar-refractivity contribution in [3.63, 3.8) is 0 Å². The first-order chi connectivity index (χ1) is 13.2. The minimum absolute atomic E-state index is 0. The van der Waals surface area contributed by atoms with Crippen molar-refractivity contribution in [1.29, 1.82) is 0 Å². The summed E-state index contributed by atoms with van der Waals surface area (Å²) in [5.41, 5.74) is 1.95. The molecule has 4 heteroatoms.